The maximum atomic E-state index is 13.3. The van der Waals surface area contributed by atoms with Gasteiger partial charge in [-0.15, -0.1) is 0 Å². The highest BCUT2D eigenvalue weighted by Gasteiger charge is 2.40. The summed E-state index contributed by atoms with van der Waals surface area (Å²) < 4.78 is 11.8. The first-order valence-electron chi connectivity index (χ1n) is 11.8. The van der Waals surface area contributed by atoms with Gasteiger partial charge in [0.15, 0.2) is 16.6 Å². The summed E-state index contributed by atoms with van der Waals surface area (Å²) in [5.41, 5.74) is 2.53. The fraction of sp³-hybridized carbons (Fsp3) is 0.370. The Morgan fingerprint density at radius 3 is 2.66 bits per heavy atom. The van der Waals surface area contributed by atoms with Gasteiger partial charge in [0.05, 0.1) is 23.3 Å². The Bertz CT molecular complexity index is 1200. The first-order valence-corrected chi connectivity index (χ1v) is 12.6. The number of thiocarbonyl (C=S) groups is 1. The smallest absolute Gasteiger partial charge is 0.277 e. The molecule has 0 bridgehead atoms. The van der Waals surface area contributed by atoms with Gasteiger partial charge in [0.25, 0.3) is 5.91 Å². The van der Waals surface area contributed by atoms with E-state index >= 15 is 0 Å². The topological polar surface area (TPSA) is 65.8 Å². The van der Waals surface area contributed by atoms with E-state index in [1.165, 1.54) is 6.42 Å². The highest BCUT2D eigenvalue weighted by Crippen LogP contribution is 2.39. The van der Waals surface area contributed by atoms with Gasteiger partial charge in [0.1, 0.15) is 12.3 Å². The number of ether oxygens (including phenoxy) is 2. The van der Waals surface area contributed by atoms with Crippen LogP contribution in [0.5, 0.6) is 11.5 Å². The molecule has 2 aliphatic rings. The van der Waals surface area contributed by atoms with E-state index in [-0.39, 0.29) is 18.6 Å². The van der Waals surface area contributed by atoms with E-state index in [1.807, 2.05) is 32.2 Å². The maximum absolute atomic E-state index is 13.3. The van der Waals surface area contributed by atoms with Crippen LogP contribution in [0.2, 0.25) is 5.02 Å². The van der Waals surface area contributed by atoms with Crippen molar-refractivity contribution >= 4 is 40.9 Å². The summed E-state index contributed by atoms with van der Waals surface area (Å²) in [5.74, 6) is 0.793. The second-order valence-corrected chi connectivity index (χ2v) is 9.43. The molecule has 0 atom stereocenters. The molecule has 0 unspecified atom stereocenters. The molecule has 1 aliphatic heterocycles. The second-order valence-electron chi connectivity index (χ2n) is 8.66. The van der Waals surface area contributed by atoms with Crippen molar-refractivity contribution in [2.45, 2.75) is 51.7 Å². The Labute approximate surface area is 216 Å². The van der Waals surface area contributed by atoms with E-state index < -0.39 is 0 Å². The van der Waals surface area contributed by atoms with Crippen LogP contribution in [-0.4, -0.2) is 40.5 Å². The maximum Gasteiger partial charge on any atom is 0.277 e. The molecule has 2 aromatic carbocycles. The fourth-order valence-electron chi connectivity index (χ4n) is 4.58. The van der Waals surface area contributed by atoms with Crippen LogP contribution >= 0.6 is 23.8 Å². The monoisotopic (exact) mass is 509 g/mol. The number of hydrogen-bond donors (Lipinski definition) is 0. The van der Waals surface area contributed by atoms with Crippen LogP contribution in [0, 0.1) is 11.3 Å². The molecule has 2 fully saturated rings. The molecule has 6 nitrogen and oxygen atoms in total. The van der Waals surface area contributed by atoms with Crippen molar-refractivity contribution in [1.29, 1.82) is 5.26 Å². The Morgan fingerprint density at radius 2 is 1.94 bits per heavy atom. The van der Waals surface area contributed by atoms with Crippen molar-refractivity contribution in [2.75, 3.05) is 13.7 Å². The standard InChI is InChI=1S/C27H28ClN3O3S/c1-3-33-24-15-18(13-22(28)25(24)34-17-20-10-8-7-9-19(20)16-29)14-23-26(32)31(27(35)30(23)2)21-11-5-4-6-12-21/h7-10,13-15,21H,3-6,11-12,17H2,1-2H3/b23-14-. The molecule has 1 amide bonds. The lowest BCUT2D eigenvalue weighted by Gasteiger charge is -2.30. The molecule has 0 spiro atoms. The Hall–Kier alpha value is -3.08. The number of nitrogens with zero attached hydrogens (tertiary/aromatic N) is 3. The Balaban J connectivity index is 1.61. The molecule has 182 valence electrons. The summed E-state index contributed by atoms with van der Waals surface area (Å²) in [6.45, 7) is 2.47. The summed E-state index contributed by atoms with van der Waals surface area (Å²) in [7, 11) is 1.82. The van der Waals surface area contributed by atoms with Gasteiger partial charge in [-0.1, -0.05) is 49.1 Å². The average Bonchev–Trinajstić information content (AvgIpc) is 3.07. The number of hydrogen-bond acceptors (Lipinski definition) is 5. The third-order valence-corrected chi connectivity index (χ3v) is 7.13. The van der Waals surface area contributed by atoms with Crippen molar-refractivity contribution in [3.8, 4) is 17.6 Å². The summed E-state index contributed by atoms with van der Waals surface area (Å²) in [6, 6.07) is 13.1. The van der Waals surface area contributed by atoms with Crippen molar-refractivity contribution in [3.63, 3.8) is 0 Å². The lowest BCUT2D eigenvalue weighted by atomic mass is 9.94. The van der Waals surface area contributed by atoms with Crippen LogP contribution in [0.25, 0.3) is 6.08 Å². The van der Waals surface area contributed by atoms with E-state index in [4.69, 9.17) is 33.3 Å². The predicted octanol–water partition coefficient (Wildman–Crippen LogP) is 5.92. The van der Waals surface area contributed by atoms with Crippen LogP contribution in [0.15, 0.2) is 42.1 Å². The molecule has 35 heavy (non-hydrogen) atoms. The molecule has 8 heteroatoms. The van der Waals surface area contributed by atoms with E-state index in [0.717, 1.165) is 31.2 Å². The first kappa shape index (κ1) is 25.0. The Morgan fingerprint density at radius 1 is 1.20 bits per heavy atom. The molecule has 0 N–H and O–H groups in total. The largest absolute Gasteiger partial charge is 0.490 e. The number of halogens is 1. The van der Waals surface area contributed by atoms with Crippen molar-refractivity contribution in [2.24, 2.45) is 0 Å². The number of carbonyl (C=O) groups is 1. The van der Waals surface area contributed by atoms with Crippen molar-refractivity contribution in [1.82, 2.24) is 9.80 Å². The number of carbonyl (C=O) groups excluding carboxylic acids is 1. The van der Waals surface area contributed by atoms with Gasteiger partial charge in [0, 0.05) is 18.7 Å². The third-order valence-electron chi connectivity index (χ3n) is 6.38. The number of benzene rings is 2. The average molecular weight is 510 g/mol. The van der Waals surface area contributed by atoms with Gasteiger partial charge < -0.3 is 14.4 Å². The minimum absolute atomic E-state index is 0.0769. The van der Waals surface area contributed by atoms with Crippen molar-refractivity contribution in [3.05, 3.63) is 63.8 Å². The summed E-state index contributed by atoms with van der Waals surface area (Å²) in [4.78, 5) is 16.9. The number of amides is 1. The molecule has 0 radical (unpaired) electrons. The molecule has 1 saturated carbocycles. The molecule has 0 aromatic heterocycles. The van der Waals surface area contributed by atoms with Gasteiger partial charge in [-0.3, -0.25) is 9.69 Å². The van der Waals surface area contributed by atoms with Gasteiger partial charge in [-0.2, -0.15) is 5.26 Å². The summed E-state index contributed by atoms with van der Waals surface area (Å²) in [5, 5.41) is 10.2. The molecule has 2 aromatic rings. The normalized spacial score (nSPS) is 17.7. The number of nitriles is 1. The molecule has 1 saturated heterocycles. The zero-order chi connectivity index (χ0) is 24.9. The van der Waals surface area contributed by atoms with Crippen LogP contribution in [0.4, 0.5) is 0 Å². The summed E-state index contributed by atoms with van der Waals surface area (Å²) in [6.07, 6.45) is 7.20. The quantitative estimate of drug-likeness (QED) is 0.341. The van der Waals surface area contributed by atoms with Crippen LogP contribution in [0.3, 0.4) is 0 Å². The highest BCUT2D eigenvalue weighted by molar-refractivity contribution is 7.80. The lowest BCUT2D eigenvalue weighted by molar-refractivity contribution is -0.124. The Kier molecular flexibility index (Phi) is 7.94. The van der Waals surface area contributed by atoms with Gasteiger partial charge in [0.2, 0.25) is 0 Å². The molecule has 1 heterocycles. The number of rotatable bonds is 7. The molecular weight excluding hydrogens is 482 g/mol. The second kappa shape index (κ2) is 11.1. The predicted molar refractivity (Wildman–Crippen MR) is 140 cm³/mol. The lowest BCUT2D eigenvalue weighted by Crippen LogP contribution is -2.41. The van der Waals surface area contributed by atoms with Crippen molar-refractivity contribution < 1.29 is 14.3 Å². The fourth-order valence-corrected chi connectivity index (χ4v) is 5.18. The minimum atomic E-state index is -0.0769. The van der Waals surface area contributed by atoms with E-state index in [9.17, 15) is 10.1 Å². The van der Waals surface area contributed by atoms with Gasteiger partial charge in [-0.25, -0.2) is 0 Å². The first-order chi connectivity index (χ1) is 16.9. The van der Waals surface area contributed by atoms with E-state index in [2.05, 4.69) is 6.07 Å². The van der Waals surface area contributed by atoms with Gasteiger partial charge >= 0.3 is 0 Å². The number of likely N-dealkylation sites (N-methyl/N-ethyl adjacent to an activating group) is 1. The van der Waals surface area contributed by atoms with Crippen LogP contribution in [-0.2, 0) is 11.4 Å². The summed E-state index contributed by atoms with van der Waals surface area (Å²) >= 11 is 12.2. The van der Waals surface area contributed by atoms with E-state index in [1.54, 1.807) is 34.1 Å². The zero-order valence-electron chi connectivity index (χ0n) is 19.9. The molecule has 1 aliphatic carbocycles. The third kappa shape index (κ3) is 5.29. The highest BCUT2D eigenvalue weighted by atomic mass is 35.5. The van der Waals surface area contributed by atoms with Crippen LogP contribution < -0.4 is 9.47 Å². The minimum Gasteiger partial charge on any atom is -0.490 e. The molecule has 4 rings (SSSR count). The van der Waals surface area contributed by atoms with Crippen LogP contribution in [0.1, 0.15) is 55.7 Å². The SMILES string of the molecule is CCOc1cc(/C=C2/C(=O)N(C3CCCCC3)C(=S)N2C)cc(Cl)c1OCc1ccccc1C#N. The van der Waals surface area contributed by atoms with Gasteiger partial charge in [-0.05, 0) is 61.8 Å². The van der Waals surface area contributed by atoms with E-state index in [0.29, 0.717) is 45.1 Å². The zero-order valence-corrected chi connectivity index (χ0v) is 21.5. The molecular formula is C27H28ClN3O3S.